The number of benzene rings is 1. The molecule has 0 bridgehead atoms. The van der Waals surface area contributed by atoms with Gasteiger partial charge in [0.15, 0.2) is 0 Å². The Kier molecular flexibility index (Phi) is 8.76. The molecule has 1 aromatic rings. The van der Waals surface area contributed by atoms with Crippen LogP contribution in [0.4, 0.5) is 4.79 Å². The minimum absolute atomic E-state index is 0.335. The Hall–Kier alpha value is -1.41. The molecule has 0 aromatic heterocycles. The molecule has 0 saturated heterocycles. The van der Waals surface area contributed by atoms with E-state index >= 15 is 0 Å². The lowest BCUT2D eigenvalue weighted by atomic mass is 10.1. The molecule has 2 amide bonds. The summed E-state index contributed by atoms with van der Waals surface area (Å²) in [5, 5.41) is 2.81. The molecule has 0 unspecified atom stereocenters. The van der Waals surface area contributed by atoms with Crippen molar-refractivity contribution in [3.63, 3.8) is 0 Å². The first kappa shape index (κ1) is 18.6. The highest BCUT2D eigenvalue weighted by Gasteiger charge is 2.44. The largest absolute Gasteiger partial charge is 0.634 e. The Bertz CT molecular complexity index is 414. The molecule has 0 aliphatic carbocycles. The van der Waals surface area contributed by atoms with E-state index in [1.165, 1.54) is 5.56 Å². The normalized spacial score (nSPS) is 11.2. The lowest BCUT2D eigenvalue weighted by Crippen LogP contribution is -2.63. The van der Waals surface area contributed by atoms with Crippen molar-refractivity contribution in [1.29, 1.82) is 0 Å². The summed E-state index contributed by atoms with van der Waals surface area (Å²) in [7, 11) is -3.15. The summed E-state index contributed by atoms with van der Waals surface area (Å²) in [6.45, 7) is 7.30. The number of hydrogen-bond acceptors (Lipinski definition) is 4. The molecule has 0 aliphatic rings. The fourth-order valence-corrected chi connectivity index (χ4v) is 3.92. The second-order valence-corrected chi connectivity index (χ2v) is 6.70. The zero-order valence-electron chi connectivity index (χ0n) is 13.6. The van der Waals surface area contributed by atoms with Crippen LogP contribution in [0.5, 0.6) is 0 Å². The molecule has 0 spiro atoms. The van der Waals surface area contributed by atoms with Gasteiger partial charge in [0, 0.05) is 26.4 Å². The fourth-order valence-electron chi connectivity index (χ4n) is 1.95. The maximum atomic E-state index is 12.0. The number of carbonyl (C=O) groups excluding carboxylic acids is 1. The minimum atomic E-state index is -3.15. The van der Waals surface area contributed by atoms with E-state index in [9.17, 15) is 4.79 Å². The van der Waals surface area contributed by atoms with Crippen molar-refractivity contribution in [2.45, 2.75) is 27.2 Å². The molecule has 2 N–H and O–H groups in total. The first-order chi connectivity index (χ1) is 10.7. The van der Waals surface area contributed by atoms with Crippen LogP contribution in [0.1, 0.15) is 26.3 Å². The topological polar surface area (TPSA) is 68.8 Å². The molecule has 0 aliphatic heterocycles. The van der Waals surface area contributed by atoms with Crippen LogP contribution in [0.2, 0.25) is 0 Å². The van der Waals surface area contributed by atoms with Crippen LogP contribution >= 0.6 is 0 Å². The second kappa shape index (κ2) is 10.3. The summed E-state index contributed by atoms with van der Waals surface area (Å²) < 4.78 is 16.7. The Morgan fingerprint density at radius 1 is 1.00 bits per heavy atom. The number of hydrogen-bond donors (Lipinski definition) is 2. The number of rotatable bonds is 10. The summed E-state index contributed by atoms with van der Waals surface area (Å²) in [4.78, 5) is 14.8. The SMILES string of the molecule is CCO[Si](NC(=O)NCCc1ccccc1)(OCC)OCC. The highest BCUT2D eigenvalue weighted by molar-refractivity contribution is 6.60. The molecule has 0 radical (unpaired) electrons. The third kappa shape index (κ3) is 6.57. The van der Waals surface area contributed by atoms with Gasteiger partial charge in [0.25, 0.3) is 0 Å². The zero-order valence-corrected chi connectivity index (χ0v) is 14.6. The molecule has 1 aromatic carbocycles. The van der Waals surface area contributed by atoms with E-state index in [1.807, 2.05) is 51.1 Å². The molecule has 0 saturated carbocycles. The smallest absolute Gasteiger partial charge is 0.357 e. The third-order valence-electron chi connectivity index (χ3n) is 2.81. The third-order valence-corrected chi connectivity index (χ3v) is 5.35. The van der Waals surface area contributed by atoms with Gasteiger partial charge in [-0.3, -0.25) is 4.98 Å². The van der Waals surface area contributed by atoms with Gasteiger partial charge < -0.3 is 18.6 Å². The van der Waals surface area contributed by atoms with E-state index in [4.69, 9.17) is 13.3 Å². The summed E-state index contributed by atoms with van der Waals surface area (Å²) in [6, 6.07) is 9.64. The molecule has 1 rings (SSSR count). The van der Waals surface area contributed by atoms with Crippen LogP contribution in [-0.2, 0) is 19.7 Å². The quantitative estimate of drug-likeness (QED) is 0.646. The van der Waals surface area contributed by atoms with E-state index in [1.54, 1.807) is 0 Å². The number of urea groups is 1. The zero-order chi connectivity index (χ0) is 16.3. The summed E-state index contributed by atoms with van der Waals surface area (Å²) in [5.74, 6) is 0. The Balaban J connectivity index is 2.48. The van der Waals surface area contributed by atoms with Crippen molar-refractivity contribution in [2.24, 2.45) is 0 Å². The standard InChI is InChI=1S/C15H26N2O4Si/c1-4-19-22(20-5-2,21-6-3)17-15(18)16-13-12-14-10-8-7-9-11-14/h7-11H,4-6,12-13H2,1-3H3,(H2,16,17,18). The molecular formula is C15H26N2O4Si. The highest BCUT2D eigenvalue weighted by Crippen LogP contribution is 2.06. The first-order valence-corrected chi connectivity index (χ1v) is 9.40. The van der Waals surface area contributed by atoms with Gasteiger partial charge in [0.05, 0.1) is 0 Å². The molecule has 7 heteroatoms. The van der Waals surface area contributed by atoms with Gasteiger partial charge in [0.2, 0.25) is 0 Å². The van der Waals surface area contributed by atoms with Crippen molar-refractivity contribution in [2.75, 3.05) is 26.4 Å². The maximum Gasteiger partial charge on any atom is 0.634 e. The number of nitrogens with one attached hydrogen (secondary N) is 2. The fraction of sp³-hybridized carbons (Fsp3) is 0.533. The van der Waals surface area contributed by atoms with Gasteiger partial charge in [-0.25, -0.2) is 4.79 Å². The van der Waals surface area contributed by atoms with Gasteiger partial charge in [0.1, 0.15) is 0 Å². The van der Waals surface area contributed by atoms with Crippen molar-refractivity contribution >= 4 is 15.0 Å². The van der Waals surface area contributed by atoms with Crippen molar-refractivity contribution in [3.8, 4) is 0 Å². The molecule has 0 fully saturated rings. The minimum Gasteiger partial charge on any atom is -0.357 e. The molecule has 22 heavy (non-hydrogen) atoms. The van der Waals surface area contributed by atoms with Crippen LogP contribution in [0, 0.1) is 0 Å². The van der Waals surface area contributed by atoms with Gasteiger partial charge in [-0.05, 0) is 32.8 Å². The van der Waals surface area contributed by atoms with Gasteiger partial charge in [-0.15, -0.1) is 0 Å². The lowest BCUT2D eigenvalue weighted by molar-refractivity contribution is 0.0631. The van der Waals surface area contributed by atoms with Crippen molar-refractivity contribution < 1.29 is 18.1 Å². The van der Waals surface area contributed by atoms with Crippen LogP contribution in [-0.4, -0.2) is 41.4 Å². The average Bonchev–Trinajstić information content (AvgIpc) is 2.49. The number of amides is 2. The molecule has 0 heterocycles. The molecule has 6 nitrogen and oxygen atoms in total. The Morgan fingerprint density at radius 2 is 1.55 bits per heavy atom. The van der Waals surface area contributed by atoms with Gasteiger partial charge in [-0.2, -0.15) is 0 Å². The average molecular weight is 326 g/mol. The predicted molar refractivity (Wildman–Crippen MR) is 87.3 cm³/mol. The van der Waals surface area contributed by atoms with Crippen LogP contribution in [0.25, 0.3) is 0 Å². The van der Waals surface area contributed by atoms with Gasteiger partial charge in [-0.1, -0.05) is 30.3 Å². The Morgan fingerprint density at radius 3 is 2.05 bits per heavy atom. The van der Waals surface area contributed by atoms with E-state index in [-0.39, 0.29) is 6.03 Å². The van der Waals surface area contributed by atoms with E-state index < -0.39 is 8.97 Å². The van der Waals surface area contributed by atoms with E-state index in [0.29, 0.717) is 26.4 Å². The van der Waals surface area contributed by atoms with Crippen molar-refractivity contribution in [3.05, 3.63) is 35.9 Å². The van der Waals surface area contributed by atoms with E-state index in [2.05, 4.69) is 10.3 Å². The summed E-state index contributed by atoms with van der Waals surface area (Å²) in [5.41, 5.74) is 1.17. The molecule has 124 valence electrons. The molecule has 0 atom stereocenters. The predicted octanol–water partition coefficient (Wildman–Crippen LogP) is 2.07. The van der Waals surface area contributed by atoms with Crippen LogP contribution < -0.4 is 10.3 Å². The first-order valence-electron chi connectivity index (χ1n) is 7.67. The number of carbonyl (C=O) groups is 1. The van der Waals surface area contributed by atoms with E-state index in [0.717, 1.165) is 6.42 Å². The van der Waals surface area contributed by atoms with Gasteiger partial charge >= 0.3 is 15.0 Å². The lowest BCUT2D eigenvalue weighted by Gasteiger charge is -2.27. The highest BCUT2D eigenvalue weighted by atomic mass is 28.4. The van der Waals surface area contributed by atoms with Crippen LogP contribution in [0.3, 0.4) is 0 Å². The van der Waals surface area contributed by atoms with Crippen LogP contribution in [0.15, 0.2) is 30.3 Å². The second-order valence-electron chi connectivity index (χ2n) is 4.47. The summed E-state index contributed by atoms with van der Waals surface area (Å²) >= 11 is 0. The maximum absolute atomic E-state index is 12.0. The van der Waals surface area contributed by atoms with Crippen molar-refractivity contribution in [1.82, 2.24) is 10.3 Å². The Labute approximate surface area is 133 Å². The monoisotopic (exact) mass is 326 g/mol. The molecular weight excluding hydrogens is 300 g/mol. The summed E-state index contributed by atoms with van der Waals surface area (Å²) in [6.07, 6.45) is 0.765.